The minimum absolute atomic E-state index is 0.0996. The summed E-state index contributed by atoms with van der Waals surface area (Å²) in [6, 6.07) is 16.3. The highest BCUT2D eigenvalue weighted by Gasteiger charge is 2.20. The van der Waals surface area contributed by atoms with E-state index >= 15 is 0 Å². The van der Waals surface area contributed by atoms with Crippen molar-refractivity contribution in [1.82, 2.24) is 10.2 Å². The fourth-order valence-corrected chi connectivity index (χ4v) is 3.39. The Morgan fingerprint density at radius 3 is 2.56 bits per heavy atom. The van der Waals surface area contributed by atoms with Crippen LogP contribution in [0.5, 0.6) is 0 Å². The highest BCUT2D eigenvalue weighted by Crippen LogP contribution is 2.26. The fraction of sp³-hybridized carbons (Fsp3) is 0.350. The summed E-state index contributed by atoms with van der Waals surface area (Å²) in [7, 11) is 1.63. The van der Waals surface area contributed by atoms with E-state index in [-0.39, 0.29) is 5.91 Å². The summed E-state index contributed by atoms with van der Waals surface area (Å²) in [6.45, 7) is 3.11. The van der Waals surface area contributed by atoms with Gasteiger partial charge in [0.05, 0.1) is 10.7 Å². The van der Waals surface area contributed by atoms with E-state index in [1.165, 1.54) is 5.56 Å². The first-order valence-electron chi connectivity index (χ1n) is 8.70. The number of piperidine rings is 1. The highest BCUT2D eigenvalue weighted by molar-refractivity contribution is 6.33. The van der Waals surface area contributed by atoms with Crippen molar-refractivity contribution in [3.63, 3.8) is 0 Å². The molecule has 2 N–H and O–H groups in total. The molecular weight excluding hydrogens is 334 g/mol. The molecule has 0 atom stereocenters. The van der Waals surface area contributed by atoms with Crippen molar-refractivity contribution < 1.29 is 4.79 Å². The third kappa shape index (κ3) is 4.74. The quantitative estimate of drug-likeness (QED) is 0.856. The van der Waals surface area contributed by atoms with Crippen LogP contribution < -0.4 is 10.6 Å². The lowest BCUT2D eigenvalue weighted by atomic mass is 10.0. The molecule has 0 bridgehead atoms. The number of benzene rings is 2. The van der Waals surface area contributed by atoms with E-state index in [2.05, 4.69) is 45.9 Å². The van der Waals surface area contributed by atoms with E-state index in [4.69, 9.17) is 11.6 Å². The van der Waals surface area contributed by atoms with Crippen molar-refractivity contribution in [2.45, 2.75) is 25.4 Å². The maximum Gasteiger partial charge on any atom is 0.251 e. The number of anilines is 1. The third-order valence-corrected chi connectivity index (χ3v) is 4.98. The Morgan fingerprint density at radius 1 is 1.16 bits per heavy atom. The van der Waals surface area contributed by atoms with E-state index in [1.54, 1.807) is 19.2 Å². The van der Waals surface area contributed by atoms with Gasteiger partial charge in [0.2, 0.25) is 0 Å². The molecule has 0 aromatic heterocycles. The lowest BCUT2D eigenvalue weighted by Crippen LogP contribution is -2.38. The summed E-state index contributed by atoms with van der Waals surface area (Å²) in [6.07, 6.45) is 2.13. The second kappa shape index (κ2) is 8.37. The Balaban J connectivity index is 1.56. The molecule has 1 saturated heterocycles. The van der Waals surface area contributed by atoms with Crippen LogP contribution in [0.1, 0.15) is 28.8 Å². The van der Waals surface area contributed by atoms with Crippen molar-refractivity contribution in [3.8, 4) is 0 Å². The van der Waals surface area contributed by atoms with Crippen LogP contribution in [0.4, 0.5) is 5.69 Å². The number of rotatable bonds is 5. The molecule has 1 amide bonds. The van der Waals surface area contributed by atoms with Crippen LogP contribution in [0.3, 0.4) is 0 Å². The van der Waals surface area contributed by atoms with E-state index in [9.17, 15) is 4.79 Å². The van der Waals surface area contributed by atoms with Gasteiger partial charge in [-0.25, -0.2) is 0 Å². The van der Waals surface area contributed by atoms with Gasteiger partial charge in [-0.15, -0.1) is 0 Å². The summed E-state index contributed by atoms with van der Waals surface area (Å²) in [5.74, 6) is -0.0996. The van der Waals surface area contributed by atoms with Gasteiger partial charge in [-0.1, -0.05) is 41.9 Å². The number of amides is 1. The first kappa shape index (κ1) is 17.8. The van der Waals surface area contributed by atoms with Gasteiger partial charge in [0.1, 0.15) is 0 Å². The second-order valence-electron chi connectivity index (χ2n) is 6.45. The normalized spacial score (nSPS) is 15.8. The lowest BCUT2D eigenvalue weighted by Gasteiger charge is -2.33. The maximum absolute atomic E-state index is 11.8. The topological polar surface area (TPSA) is 44.4 Å². The molecule has 2 aromatic carbocycles. The summed E-state index contributed by atoms with van der Waals surface area (Å²) in [5.41, 5.74) is 2.82. The zero-order valence-electron chi connectivity index (χ0n) is 14.5. The van der Waals surface area contributed by atoms with Crippen molar-refractivity contribution in [3.05, 3.63) is 64.7 Å². The summed E-state index contributed by atoms with van der Waals surface area (Å²) in [5, 5.41) is 6.81. The first-order valence-corrected chi connectivity index (χ1v) is 9.08. The van der Waals surface area contributed by atoms with Crippen LogP contribution in [-0.2, 0) is 6.54 Å². The largest absolute Gasteiger partial charge is 0.381 e. The molecular formula is C20H24ClN3O. The zero-order chi connectivity index (χ0) is 17.6. The van der Waals surface area contributed by atoms with Gasteiger partial charge in [-0.3, -0.25) is 9.69 Å². The van der Waals surface area contributed by atoms with Crippen LogP contribution in [0.25, 0.3) is 0 Å². The van der Waals surface area contributed by atoms with Crippen molar-refractivity contribution in [2.75, 3.05) is 25.5 Å². The van der Waals surface area contributed by atoms with Gasteiger partial charge in [0, 0.05) is 38.3 Å². The van der Waals surface area contributed by atoms with Gasteiger partial charge in [0.25, 0.3) is 5.91 Å². The number of nitrogens with zero attached hydrogens (tertiary/aromatic N) is 1. The van der Waals surface area contributed by atoms with E-state index < -0.39 is 0 Å². The molecule has 25 heavy (non-hydrogen) atoms. The molecule has 0 unspecified atom stereocenters. The van der Waals surface area contributed by atoms with Gasteiger partial charge in [-0.05, 0) is 36.6 Å². The lowest BCUT2D eigenvalue weighted by molar-refractivity contribution is 0.0963. The molecule has 1 aliphatic rings. The molecule has 1 fully saturated rings. The molecule has 4 nitrogen and oxygen atoms in total. The molecule has 2 aromatic rings. The predicted octanol–water partition coefficient (Wildman–Crippen LogP) is 3.78. The molecule has 0 spiro atoms. The number of hydrogen-bond donors (Lipinski definition) is 2. The SMILES string of the molecule is CNC(=O)c1ccc(Cl)c(NC2CCN(Cc3ccccc3)CC2)c1. The Morgan fingerprint density at radius 2 is 1.88 bits per heavy atom. The van der Waals surface area contributed by atoms with Gasteiger partial charge in [-0.2, -0.15) is 0 Å². The molecule has 132 valence electrons. The predicted molar refractivity (Wildman–Crippen MR) is 103 cm³/mol. The van der Waals surface area contributed by atoms with Crippen LogP contribution in [-0.4, -0.2) is 37.0 Å². The number of carbonyl (C=O) groups excluding carboxylic acids is 1. The molecule has 1 aliphatic heterocycles. The first-order chi connectivity index (χ1) is 12.2. The fourth-order valence-electron chi connectivity index (χ4n) is 3.22. The summed E-state index contributed by atoms with van der Waals surface area (Å²) >= 11 is 6.29. The smallest absolute Gasteiger partial charge is 0.251 e. The maximum atomic E-state index is 11.8. The minimum Gasteiger partial charge on any atom is -0.381 e. The number of nitrogens with one attached hydrogen (secondary N) is 2. The Bertz CT molecular complexity index is 712. The van der Waals surface area contributed by atoms with Crippen molar-refractivity contribution in [2.24, 2.45) is 0 Å². The average Bonchev–Trinajstić information content (AvgIpc) is 2.65. The Kier molecular flexibility index (Phi) is 5.95. The molecule has 0 radical (unpaired) electrons. The van der Waals surface area contributed by atoms with Crippen molar-refractivity contribution in [1.29, 1.82) is 0 Å². The summed E-state index contributed by atoms with van der Waals surface area (Å²) in [4.78, 5) is 14.3. The standard InChI is InChI=1S/C20H24ClN3O/c1-22-20(25)16-7-8-18(21)19(13-16)23-17-9-11-24(12-10-17)14-15-5-3-2-4-6-15/h2-8,13,17,23H,9-12,14H2,1H3,(H,22,25). The van der Waals surface area contributed by atoms with E-state index in [1.807, 2.05) is 6.07 Å². The van der Waals surface area contributed by atoms with E-state index in [0.717, 1.165) is 38.2 Å². The molecule has 1 heterocycles. The molecule has 0 aliphatic carbocycles. The number of carbonyl (C=O) groups is 1. The third-order valence-electron chi connectivity index (χ3n) is 4.65. The second-order valence-corrected chi connectivity index (χ2v) is 6.86. The molecule has 5 heteroatoms. The zero-order valence-corrected chi connectivity index (χ0v) is 15.2. The van der Waals surface area contributed by atoms with E-state index in [0.29, 0.717) is 16.6 Å². The highest BCUT2D eigenvalue weighted by atomic mass is 35.5. The average molecular weight is 358 g/mol. The van der Waals surface area contributed by atoms with Gasteiger partial charge >= 0.3 is 0 Å². The molecule has 3 rings (SSSR count). The van der Waals surface area contributed by atoms with Crippen molar-refractivity contribution >= 4 is 23.2 Å². The Labute approximate surface area is 154 Å². The molecule has 0 saturated carbocycles. The van der Waals surface area contributed by atoms with Gasteiger partial charge in [0.15, 0.2) is 0 Å². The number of likely N-dealkylation sites (tertiary alicyclic amines) is 1. The number of hydrogen-bond acceptors (Lipinski definition) is 3. The van der Waals surface area contributed by atoms with Crippen LogP contribution in [0.15, 0.2) is 48.5 Å². The monoisotopic (exact) mass is 357 g/mol. The summed E-state index contributed by atoms with van der Waals surface area (Å²) < 4.78 is 0. The minimum atomic E-state index is -0.0996. The van der Waals surface area contributed by atoms with Crippen LogP contribution in [0, 0.1) is 0 Å². The number of halogens is 1. The van der Waals surface area contributed by atoms with Crippen LogP contribution in [0.2, 0.25) is 5.02 Å². The Hall–Kier alpha value is -2.04. The van der Waals surface area contributed by atoms with Crippen LogP contribution >= 0.6 is 11.6 Å². The van der Waals surface area contributed by atoms with Gasteiger partial charge < -0.3 is 10.6 Å².